The van der Waals surface area contributed by atoms with Crippen molar-refractivity contribution in [2.24, 2.45) is 0 Å². The third-order valence-electron chi connectivity index (χ3n) is 4.29. The van der Waals surface area contributed by atoms with E-state index in [0.717, 1.165) is 18.9 Å². The molecule has 0 saturated carbocycles. The Morgan fingerprint density at radius 3 is 0.500 bits per heavy atom. The van der Waals surface area contributed by atoms with Crippen LogP contribution in [0, 0.1) is 0 Å². The Morgan fingerprint density at radius 2 is 0.354 bits per heavy atom. The molecule has 0 aromatic heterocycles. The molecule has 0 aliphatic carbocycles. The maximum absolute atomic E-state index is 14.2. The summed E-state index contributed by atoms with van der Waals surface area (Å²) in [6.45, 7) is 0. The van der Waals surface area contributed by atoms with Gasteiger partial charge in [0.2, 0.25) is 0 Å². The predicted octanol–water partition coefficient (Wildman–Crippen LogP) is 9.46. The molecule has 290 valence electrons. The van der Waals surface area contributed by atoms with Gasteiger partial charge < -0.3 is 0 Å². The highest BCUT2D eigenvalue weighted by Crippen LogP contribution is 2.59. The Morgan fingerprint density at radius 1 is 0.188 bits per heavy atom. The second kappa shape index (κ2) is 11.6. The van der Waals surface area contributed by atoms with Gasteiger partial charge in [-0.15, -0.1) is 0 Å². The summed E-state index contributed by atoms with van der Waals surface area (Å²) in [5.41, 5.74) is 0. The van der Waals surface area contributed by atoms with Crippen molar-refractivity contribution in [3.63, 3.8) is 0 Å². The van der Waals surface area contributed by atoms with Gasteiger partial charge in [-0.2, -0.15) is 132 Å². The lowest BCUT2D eigenvalue weighted by atomic mass is 10.1. The molecule has 0 aliphatic heterocycles. The molecule has 0 saturated heterocycles. The van der Waals surface area contributed by atoms with Crippen molar-refractivity contribution < 1.29 is 151 Å². The van der Waals surface area contributed by atoms with Crippen LogP contribution in [-0.4, -0.2) is 84.9 Å². The Balaban J connectivity index is 7.47. The van der Waals surface area contributed by atoms with Gasteiger partial charge >= 0.3 is 84.9 Å². The van der Waals surface area contributed by atoms with Gasteiger partial charge in [-0.25, -0.2) is 18.9 Å². The quantitative estimate of drug-likeness (QED) is 0.146. The van der Waals surface area contributed by atoms with Crippen LogP contribution in [0.15, 0.2) is 0 Å². The van der Waals surface area contributed by atoms with Crippen LogP contribution in [0.25, 0.3) is 0 Å². The predicted molar refractivity (Wildman–Crippen MR) is 75.8 cm³/mol. The zero-order chi connectivity index (χ0) is 39.8. The molecule has 4 nitrogen and oxygen atoms in total. The first kappa shape index (κ1) is 45.7. The number of alkyl halides is 30. The first-order valence-electron chi connectivity index (χ1n) is 9.55. The molecule has 0 aromatic rings. The van der Waals surface area contributed by atoms with Gasteiger partial charge in [0, 0.05) is 0 Å². The number of hydrogen-bond donors (Lipinski definition) is 0. The van der Waals surface area contributed by atoms with Crippen molar-refractivity contribution in [1.29, 1.82) is 0 Å². The summed E-state index contributed by atoms with van der Waals surface area (Å²) in [6, 6.07) is -26.2. The van der Waals surface area contributed by atoms with E-state index in [4.69, 9.17) is 0 Å². The smallest absolute Gasteiger partial charge is 0.247 e. The van der Waals surface area contributed by atoms with E-state index < -0.39 is 84.9 Å². The summed E-state index contributed by atoms with van der Waals surface area (Å²) in [5.74, 6) is -34.5. The molecular formula is C14F30O4. The second-order valence-corrected chi connectivity index (χ2v) is 7.84. The zero-order valence-electron chi connectivity index (χ0n) is 20.0. The molecule has 0 aliphatic rings. The van der Waals surface area contributed by atoms with Gasteiger partial charge in [0.05, 0.1) is 0 Å². The molecule has 0 heterocycles. The SMILES string of the molecule is FC(F)(F)C(F)(OC(F)(F)C(F)(F)C(F)(F)C(F)(F)F)OC(F)(OC(F)(OC(F)(F)C(F)(F)C(F)(F)C(F)(F)F)C(F)(F)F)C(F)(F)F. The van der Waals surface area contributed by atoms with Crippen LogP contribution < -0.4 is 0 Å². The van der Waals surface area contributed by atoms with Gasteiger partial charge in [-0.05, 0) is 0 Å². The molecular weight excluding hydrogens is 802 g/mol. The van der Waals surface area contributed by atoms with Crippen molar-refractivity contribution in [1.82, 2.24) is 0 Å². The Labute approximate surface area is 237 Å². The Kier molecular flexibility index (Phi) is 11.1. The van der Waals surface area contributed by atoms with E-state index in [-0.39, 0.29) is 0 Å². The molecule has 0 rings (SSSR count). The summed E-state index contributed by atoms with van der Waals surface area (Å²) in [7, 11) is 0. The zero-order valence-corrected chi connectivity index (χ0v) is 20.0. The second-order valence-electron chi connectivity index (χ2n) is 7.84. The molecule has 0 N–H and O–H groups in total. The summed E-state index contributed by atoms with van der Waals surface area (Å²) >= 11 is 0. The third-order valence-corrected chi connectivity index (χ3v) is 4.29. The molecule has 48 heavy (non-hydrogen) atoms. The fourth-order valence-corrected chi connectivity index (χ4v) is 1.93. The molecule has 0 fully saturated rings. The summed E-state index contributed by atoms with van der Waals surface area (Å²) < 4.78 is 392. The lowest BCUT2D eigenvalue weighted by Crippen LogP contribution is -2.68. The molecule has 2 atom stereocenters. The molecule has 0 spiro atoms. The van der Waals surface area contributed by atoms with Gasteiger partial charge in [-0.3, -0.25) is 0 Å². The van der Waals surface area contributed by atoms with E-state index in [9.17, 15) is 132 Å². The van der Waals surface area contributed by atoms with Crippen molar-refractivity contribution in [2.45, 2.75) is 84.9 Å². The highest BCUT2D eigenvalue weighted by atomic mass is 19.5. The molecule has 2 unspecified atom stereocenters. The standard InChI is InChI=1S/C14F30O4/c15-1(16,5(23,24)25)3(19,20)10(38,39)45-12(42,7(29,30)31)47-14(44,9(35,36)37)48-13(43,8(32,33)34)46-11(40,41)4(21,22)2(17,18)6(26,27)28. The van der Waals surface area contributed by atoms with E-state index in [1.54, 1.807) is 0 Å². The fourth-order valence-electron chi connectivity index (χ4n) is 1.93. The third kappa shape index (κ3) is 7.57. The minimum absolute atomic E-state index is 0.930. The van der Waals surface area contributed by atoms with Gasteiger partial charge in [0.1, 0.15) is 0 Å². The topological polar surface area (TPSA) is 36.9 Å². The van der Waals surface area contributed by atoms with Crippen LogP contribution in [0.3, 0.4) is 0 Å². The fraction of sp³-hybridized carbons (Fsp3) is 1.00. The maximum Gasteiger partial charge on any atom is 0.478 e. The number of ether oxygens (including phenoxy) is 4. The van der Waals surface area contributed by atoms with E-state index in [0.29, 0.717) is 0 Å². The van der Waals surface area contributed by atoms with E-state index in [2.05, 4.69) is 0 Å². The maximum atomic E-state index is 14.2. The van der Waals surface area contributed by atoms with Crippen LogP contribution >= 0.6 is 0 Å². The number of rotatable bonds is 12. The minimum atomic E-state index is -8.78. The van der Waals surface area contributed by atoms with Crippen molar-refractivity contribution >= 4 is 0 Å². The summed E-state index contributed by atoms with van der Waals surface area (Å²) in [4.78, 5) is 0. The normalized spacial score (nSPS) is 19.9. The van der Waals surface area contributed by atoms with Gasteiger partial charge in [0.15, 0.2) is 0 Å². The van der Waals surface area contributed by atoms with E-state index >= 15 is 0 Å². The lowest BCUT2D eigenvalue weighted by molar-refractivity contribution is -0.630. The largest absolute Gasteiger partial charge is 0.478 e. The van der Waals surface area contributed by atoms with Crippen LogP contribution in [0.5, 0.6) is 0 Å². The highest BCUT2D eigenvalue weighted by molar-refractivity contribution is 4.99. The van der Waals surface area contributed by atoms with Crippen LogP contribution in [-0.2, 0) is 18.9 Å². The van der Waals surface area contributed by atoms with Crippen molar-refractivity contribution in [3.05, 3.63) is 0 Å². The molecule has 0 amide bonds. The van der Waals surface area contributed by atoms with Crippen molar-refractivity contribution in [3.8, 4) is 0 Å². The molecule has 34 heteroatoms. The Bertz CT molecular complexity index is 1040. The monoisotopic (exact) mass is 802 g/mol. The first-order valence-corrected chi connectivity index (χ1v) is 9.55. The highest BCUT2D eigenvalue weighted by Gasteiger charge is 2.88. The minimum Gasteiger partial charge on any atom is -0.247 e. The average molecular weight is 802 g/mol. The van der Waals surface area contributed by atoms with Gasteiger partial charge in [-0.1, -0.05) is 0 Å². The van der Waals surface area contributed by atoms with Crippen LogP contribution in [0.4, 0.5) is 132 Å². The molecule has 0 radical (unpaired) electrons. The molecule has 0 bridgehead atoms. The lowest BCUT2D eigenvalue weighted by Gasteiger charge is -2.42. The number of hydrogen-bond acceptors (Lipinski definition) is 4. The van der Waals surface area contributed by atoms with E-state index in [1.807, 2.05) is 0 Å². The van der Waals surface area contributed by atoms with E-state index in [1.165, 1.54) is 0 Å². The van der Waals surface area contributed by atoms with Crippen LogP contribution in [0.1, 0.15) is 0 Å². The Hall–Kier alpha value is -2.26. The van der Waals surface area contributed by atoms with Crippen molar-refractivity contribution in [2.75, 3.05) is 0 Å². The van der Waals surface area contributed by atoms with Crippen LogP contribution in [0.2, 0.25) is 0 Å². The number of halogens is 30. The average Bonchev–Trinajstić information content (AvgIpc) is 2.73. The summed E-state index contributed by atoms with van der Waals surface area (Å²) in [6.07, 6.45) is -59.4. The molecule has 0 aromatic carbocycles. The summed E-state index contributed by atoms with van der Waals surface area (Å²) in [5, 5.41) is 0. The van der Waals surface area contributed by atoms with Gasteiger partial charge in [0.25, 0.3) is 0 Å². The first-order chi connectivity index (χ1) is 20.1.